The minimum atomic E-state index is -0.327. The number of hydrogen-bond donors (Lipinski definition) is 1. The second-order valence-electron chi connectivity index (χ2n) is 7.14. The molecule has 0 spiro atoms. The van der Waals surface area contributed by atoms with E-state index in [9.17, 15) is 5.11 Å². The van der Waals surface area contributed by atoms with E-state index >= 15 is 0 Å². The Morgan fingerprint density at radius 2 is 2.05 bits per heavy atom. The van der Waals surface area contributed by atoms with Gasteiger partial charge in [-0.1, -0.05) is 45.4 Å². The highest BCUT2D eigenvalue weighted by atomic mass is 32.1. The van der Waals surface area contributed by atoms with Gasteiger partial charge in [-0.3, -0.25) is 4.40 Å². The highest BCUT2D eigenvalue weighted by molar-refractivity contribution is 7.17. The van der Waals surface area contributed by atoms with Crippen LogP contribution in [0.2, 0.25) is 0 Å². The van der Waals surface area contributed by atoms with Gasteiger partial charge in [-0.15, -0.1) is 11.3 Å². The van der Waals surface area contributed by atoms with Crippen molar-refractivity contribution in [2.45, 2.75) is 70.3 Å². The van der Waals surface area contributed by atoms with Gasteiger partial charge in [0.25, 0.3) is 0 Å². The first-order chi connectivity index (χ1) is 10.8. The van der Waals surface area contributed by atoms with E-state index in [1.54, 1.807) is 0 Å². The van der Waals surface area contributed by atoms with E-state index in [1.165, 1.54) is 54.7 Å². The molecule has 2 heterocycles. The second kappa shape index (κ2) is 5.97. The van der Waals surface area contributed by atoms with Gasteiger partial charge >= 0.3 is 0 Å². The van der Waals surface area contributed by atoms with Crippen LogP contribution >= 0.6 is 11.3 Å². The van der Waals surface area contributed by atoms with Gasteiger partial charge in [0.05, 0.1) is 18.0 Å². The van der Waals surface area contributed by atoms with Gasteiger partial charge in [0.1, 0.15) is 11.2 Å². The van der Waals surface area contributed by atoms with E-state index in [4.69, 9.17) is 0 Å². The Hall–Kier alpha value is -0.870. The summed E-state index contributed by atoms with van der Waals surface area (Å²) in [6.07, 6.45) is 13.8. The van der Waals surface area contributed by atoms with Crippen LogP contribution in [0.25, 0.3) is 4.83 Å². The number of nitrogens with zero attached hydrogens (tertiary/aromatic N) is 2. The molecule has 4 rings (SSSR count). The van der Waals surface area contributed by atoms with Gasteiger partial charge in [0.15, 0.2) is 0 Å². The van der Waals surface area contributed by atoms with E-state index in [1.807, 2.05) is 23.9 Å². The standard InChI is InChI=1S/C18H26N2OS/c1-2-14(12-6-4-3-5-7-12)17(21)16-18(13-8-9-13)22-15-10-19-11-20(15)16/h10-14,17,21H,2-9H2,1H3. The Morgan fingerprint density at radius 1 is 1.27 bits per heavy atom. The van der Waals surface area contributed by atoms with Crippen LogP contribution < -0.4 is 0 Å². The minimum absolute atomic E-state index is 0.327. The molecule has 22 heavy (non-hydrogen) atoms. The predicted molar refractivity (Wildman–Crippen MR) is 90.4 cm³/mol. The summed E-state index contributed by atoms with van der Waals surface area (Å²) in [5, 5.41) is 11.3. The lowest BCUT2D eigenvalue weighted by Gasteiger charge is -2.33. The Morgan fingerprint density at radius 3 is 2.73 bits per heavy atom. The Kier molecular flexibility index (Phi) is 3.99. The summed E-state index contributed by atoms with van der Waals surface area (Å²) in [6.45, 7) is 2.25. The summed E-state index contributed by atoms with van der Waals surface area (Å²) in [7, 11) is 0. The number of rotatable bonds is 5. The molecule has 0 amide bonds. The van der Waals surface area contributed by atoms with Crippen LogP contribution in [0.5, 0.6) is 0 Å². The van der Waals surface area contributed by atoms with Crippen molar-refractivity contribution in [2.75, 3.05) is 0 Å². The van der Waals surface area contributed by atoms with Gasteiger partial charge < -0.3 is 5.11 Å². The fourth-order valence-electron chi connectivity index (χ4n) is 4.33. The second-order valence-corrected chi connectivity index (χ2v) is 8.20. The summed E-state index contributed by atoms with van der Waals surface area (Å²) in [5.74, 6) is 1.79. The maximum Gasteiger partial charge on any atom is 0.120 e. The number of thiazole rings is 1. The Bertz CT molecular complexity index is 637. The largest absolute Gasteiger partial charge is 0.387 e. The SMILES string of the molecule is CCC(C1CCCCC1)C(O)c1c(C2CC2)sc2cncn12. The third-order valence-corrected chi connectivity index (χ3v) is 6.97. The first-order valence-electron chi connectivity index (χ1n) is 8.92. The highest BCUT2D eigenvalue weighted by Gasteiger charge is 2.36. The predicted octanol–water partition coefficient (Wildman–Crippen LogP) is 4.91. The molecule has 2 unspecified atom stereocenters. The molecule has 0 radical (unpaired) electrons. The lowest BCUT2D eigenvalue weighted by Crippen LogP contribution is -2.25. The Labute approximate surface area is 136 Å². The zero-order valence-electron chi connectivity index (χ0n) is 13.4. The zero-order chi connectivity index (χ0) is 15.1. The third kappa shape index (κ3) is 2.50. The van der Waals surface area contributed by atoms with Gasteiger partial charge in [0, 0.05) is 4.88 Å². The molecule has 2 aliphatic rings. The maximum atomic E-state index is 11.3. The molecule has 2 atom stereocenters. The molecule has 2 saturated carbocycles. The fourth-order valence-corrected chi connectivity index (χ4v) is 5.64. The molecule has 0 aromatic carbocycles. The third-order valence-electron chi connectivity index (χ3n) is 5.69. The van der Waals surface area contributed by atoms with Crippen molar-refractivity contribution >= 4 is 16.2 Å². The summed E-state index contributed by atoms with van der Waals surface area (Å²) < 4.78 is 2.16. The van der Waals surface area contributed by atoms with Crippen LogP contribution in [0, 0.1) is 11.8 Å². The molecule has 4 heteroatoms. The summed E-state index contributed by atoms with van der Waals surface area (Å²) >= 11 is 1.84. The average Bonchev–Trinajstić information content (AvgIpc) is 3.17. The van der Waals surface area contributed by atoms with Gasteiger partial charge in [-0.2, -0.15) is 0 Å². The molecule has 2 fully saturated rings. The summed E-state index contributed by atoms with van der Waals surface area (Å²) in [5.41, 5.74) is 1.16. The lowest BCUT2D eigenvalue weighted by atomic mass is 9.75. The highest BCUT2D eigenvalue weighted by Crippen LogP contribution is 2.49. The molecule has 2 aliphatic carbocycles. The molecule has 0 bridgehead atoms. The average molecular weight is 318 g/mol. The number of aliphatic hydroxyl groups excluding tert-OH is 1. The van der Waals surface area contributed by atoms with Crippen molar-refractivity contribution < 1.29 is 5.11 Å². The van der Waals surface area contributed by atoms with Crippen molar-refractivity contribution in [1.29, 1.82) is 0 Å². The van der Waals surface area contributed by atoms with Crippen LogP contribution in [-0.4, -0.2) is 14.5 Å². The van der Waals surface area contributed by atoms with Crippen molar-refractivity contribution in [2.24, 2.45) is 11.8 Å². The fraction of sp³-hybridized carbons (Fsp3) is 0.722. The molecule has 120 valence electrons. The molecule has 1 N–H and O–H groups in total. The first-order valence-corrected chi connectivity index (χ1v) is 9.74. The van der Waals surface area contributed by atoms with E-state index in [-0.39, 0.29) is 6.10 Å². The van der Waals surface area contributed by atoms with Crippen LogP contribution in [0.3, 0.4) is 0 Å². The molecular weight excluding hydrogens is 292 g/mol. The zero-order valence-corrected chi connectivity index (χ0v) is 14.2. The van der Waals surface area contributed by atoms with Crippen molar-refractivity contribution in [1.82, 2.24) is 9.38 Å². The topological polar surface area (TPSA) is 37.5 Å². The van der Waals surface area contributed by atoms with E-state index < -0.39 is 0 Å². The van der Waals surface area contributed by atoms with Crippen molar-refractivity contribution in [3.05, 3.63) is 23.1 Å². The minimum Gasteiger partial charge on any atom is -0.387 e. The first kappa shape index (κ1) is 14.7. The molecule has 0 saturated heterocycles. The summed E-state index contributed by atoms with van der Waals surface area (Å²) in [6, 6.07) is 0. The number of fused-ring (bicyclic) bond motifs is 1. The van der Waals surface area contributed by atoms with Crippen LogP contribution in [0.1, 0.15) is 80.9 Å². The van der Waals surface area contributed by atoms with Crippen LogP contribution in [0.15, 0.2) is 12.5 Å². The van der Waals surface area contributed by atoms with Crippen molar-refractivity contribution in [3.63, 3.8) is 0 Å². The Balaban J connectivity index is 1.69. The quantitative estimate of drug-likeness (QED) is 0.850. The van der Waals surface area contributed by atoms with Gasteiger partial charge in [0.2, 0.25) is 0 Å². The number of aromatic nitrogens is 2. The van der Waals surface area contributed by atoms with Gasteiger partial charge in [-0.25, -0.2) is 4.98 Å². The molecule has 0 aliphatic heterocycles. The van der Waals surface area contributed by atoms with Crippen molar-refractivity contribution in [3.8, 4) is 0 Å². The van der Waals surface area contributed by atoms with Crippen LogP contribution in [0.4, 0.5) is 0 Å². The van der Waals surface area contributed by atoms with E-state index in [2.05, 4.69) is 16.3 Å². The normalized spacial score (nSPS) is 23.0. The maximum absolute atomic E-state index is 11.3. The monoisotopic (exact) mass is 318 g/mol. The van der Waals surface area contributed by atoms with E-state index in [0.29, 0.717) is 17.8 Å². The number of hydrogen-bond acceptors (Lipinski definition) is 3. The van der Waals surface area contributed by atoms with Gasteiger partial charge in [-0.05, 0) is 30.6 Å². The smallest absolute Gasteiger partial charge is 0.120 e. The molecule has 2 aromatic heterocycles. The van der Waals surface area contributed by atoms with Crippen LogP contribution in [-0.2, 0) is 0 Å². The molecular formula is C18H26N2OS. The number of imidazole rings is 1. The number of aliphatic hydroxyl groups is 1. The lowest BCUT2D eigenvalue weighted by molar-refractivity contribution is 0.0508. The molecule has 3 nitrogen and oxygen atoms in total. The van der Waals surface area contributed by atoms with E-state index in [0.717, 1.165) is 12.1 Å². The molecule has 2 aromatic rings. The summed E-state index contributed by atoms with van der Waals surface area (Å²) in [4.78, 5) is 6.90.